The minimum atomic E-state index is 0. The van der Waals surface area contributed by atoms with Gasteiger partial charge < -0.3 is 9.88 Å². The van der Waals surface area contributed by atoms with Crippen LogP contribution in [0.15, 0.2) is 79.3 Å². The fourth-order valence-electron chi connectivity index (χ4n) is 3.25. The van der Waals surface area contributed by atoms with Crippen molar-refractivity contribution in [2.45, 2.75) is 19.6 Å². The molecule has 0 atom stereocenters. The van der Waals surface area contributed by atoms with Gasteiger partial charge in [-0.25, -0.2) is 0 Å². The standard InChI is InChI=1S/C22H20ClN3.2ClH/c23-21-9-3-1-7-18(21)15-26-16-19(20-8-2-4-10-22(20)26)14-25-13-17-6-5-11-24-12-17;;/h1-12,16,25H,13-15H2;2*1H. The highest BCUT2D eigenvalue weighted by atomic mass is 35.5. The van der Waals surface area contributed by atoms with Crippen LogP contribution in [0, 0.1) is 0 Å². The van der Waals surface area contributed by atoms with E-state index in [1.807, 2.05) is 30.5 Å². The lowest BCUT2D eigenvalue weighted by molar-refractivity contribution is 0.690. The van der Waals surface area contributed by atoms with E-state index in [9.17, 15) is 0 Å². The lowest BCUT2D eigenvalue weighted by atomic mass is 10.1. The van der Waals surface area contributed by atoms with Gasteiger partial charge in [0, 0.05) is 54.2 Å². The summed E-state index contributed by atoms with van der Waals surface area (Å²) < 4.78 is 2.28. The van der Waals surface area contributed by atoms with E-state index < -0.39 is 0 Å². The van der Waals surface area contributed by atoms with E-state index in [-0.39, 0.29) is 24.8 Å². The fourth-order valence-corrected chi connectivity index (χ4v) is 3.44. The molecule has 2 aromatic carbocycles. The number of nitrogens with zero attached hydrogens (tertiary/aromatic N) is 2. The summed E-state index contributed by atoms with van der Waals surface area (Å²) >= 11 is 6.35. The highest BCUT2D eigenvalue weighted by molar-refractivity contribution is 6.31. The molecule has 0 bridgehead atoms. The first kappa shape index (κ1) is 22.3. The third kappa shape index (κ3) is 5.06. The highest BCUT2D eigenvalue weighted by Crippen LogP contribution is 2.24. The number of fused-ring (bicyclic) bond motifs is 1. The fraction of sp³-hybridized carbons (Fsp3) is 0.136. The van der Waals surface area contributed by atoms with Crippen LogP contribution in [-0.4, -0.2) is 9.55 Å². The van der Waals surface area contributed by atoms with Gasteiger partial charge in [-0.1, -0.05) is 54.1 Å². The number of para-hydroxylation sites is 1. The van der Waals surface area contributed by atoms with Crippen molar-refractivity contribution in [3.05, 3.63) is 101 Å². The maximum atomic E-state index is 6.35. The normalized spacial score (nSPS) is 10.3. The number of hydrogen-bond donors (Lipinski definition) is 1. The minimum absolute atomic E-state index is 0. The number of rotatable bonds is 6. The highest BCUT2D eigenvalue weighted by Gasteiger charge is 2.09. The number of nitrogens with one attached hydrogen (secondary N) is 1. The number of benzene rings is 2. The van der Waals surface area contributed by atoms with Gasteiger partial charge >= 0.3 is 0 Å². The topological polar surface area (TPSA) is 29.9 Å². The summed E-state index contributed by atoms with van der Waals surface area (Å²) in [4.78, 5) is 4.16. The molecule has 28 heavy (non-hydrogen) atoms. The van der Waals surface area contributed by atoms with Gasteiger partial charge in [-0.05, 0) is 34.9 Å². The molecule has 0 spiro atoms. The summed E-state index contributed by atoms with van der Waals surface area (Å²) in [7, 11) is 0. The van der Waals surface area contributed by atoms with Crippen molar-refractivity contribution in [1.29, 1.82) is 0 Å². The van der Waals surface area contributed by atoms with E-state index in [2.05, 4.69) is 57.5 Å². The van der Waals surface area contributed by atoms with Gasteiger partial charge in [0.2, 0.25) is 0 Å². The molecule has 4 aromatic rings. The Kier molecular flexibility index (Phi) is 8.34. The van der Waals surface area contributed by atoms with Crippen molar-refractivity contribution in [2.75, 3.05) is 0 Å². The molecule has 0 saturated heterocycles. The van der Waals surface area contributed by atoms with Crippen LogP contribution < -0.4 is 5.32 Å². The monoisotopic (exact) mass is 433 g/mol. The summed E-state index contributed by atoms with van der Waals surface area (Å²) in [6.07, 6.45) is 5.92. The van der Waals surface area contributed by atoms with Crippen molar-refractivity contribution in [3.63, 3.8) is 0 Å². The third-order valence-electron chi connectivity index (χ3n) is 4.54. The Bertz CT molecular complexity index is 1020. The van der Waals surface area contributed by atoms with Crippen LogP contribution in [0.4, 0.5) is 0 Å². The van der Waals surface area contributed by atoms with E-state index in [1.54, 1.807) is 6.20 Å². The van der Waals surface area contributed by atoms with Crippen molar-refractivity contribution >= 4 is 47.3 Å². The van der Waals surface area contributed by atoms with E-state index in [4.69, 9.17) is 11.6 Å². The summed E-state index contributed by atoms with van der Waals surface area (Å²) in [5.74, 6) is 0. The summed E-state index contributed by atoms with van der Waals surface area (Å²) in [6.45, 7) is 2.38. The van der Waals surface area contributed by atoms with Gasteiger partial charge in [0.15, 0.2) is 0 Å². The molecule has 2 aromatic heterocycles. The summed E-state index contributed by atoms with van der Waals surface area (Å²) in [5, 5.41) is 5.60. The molecule has 6 heteroatoms. The number of hydrogen-bond acceptors (Lipinski definition) is 2. The largest absolute Gasteiger partial charge is 0.343 e. The van der Waals surface area contributed by atoms with E-state index in [0.717, 1.165) is 30.2 Å². The molecular weight excluding hydrogens is 413 g/mol. The Balaban J connectivity index is 0.00000140. The van der Waals surface area contributed by atoms with Gasteiger partial charge in [-0.15, -0.1) is 24.8 Å². The van der Waals surface area contributed by atoms with Crippen molar-refractivity contribution in [2.24, 2.45) is 0 Å². The molecule has 0 unspecified atom stereocenters. The average molecular weight is 435 g/mol. The number of halogens is 3. The van der Waals surface area contributed by atoms with Crippen LogP contribution in [-0.2, 0) is 19.6 Å². The molecule has 0 saturated carbocycles. The van der Waals surface area contributed by atoms with E-state index >= 15 is 0 Å². The molecule has 1 N–H and O–H groups in total. The molecule has 0 radical (unpaired) electrons. The average Bonchev–Trinajstić information content (AvgIpc) is 3.02. The zero-order chi connectivity index (χ0) is 17.8. The lowest BCUT2D eigenvalue weighted by Crippen LogP contribution is -2.12. The smallest absolute Gasteiger partial charge is 0.0491 e. The van der Waals surface area contributed by atoms with Crippen LogP contribution >= 0.6 is 36.4 Å². The van der Waals surface area contributed by atoms with Gasteiger partial charge in [-0.2, -0.15) is 0 Å². The maximum Gasteiger partial charge on any atom is 0.0491 e. The first-order chi connectivity index (χ1) is 12.8. The second kappa shape index (κ2) is 10.5. The predicted molar refractivity (Wildman–Crippen MR) is 122 cm³/mol. The maximum absolute atomic E-state index is 6.35. The first-order valence-corrected chi connectivity index (χ1v) is 9.09. The van der Waals surface area contributed by atoms with Crippen LogP contribution in [0.2, 0.25) is 5.02 Å². The Morgan fingerprint density at radius 3 is 2.43 bits per heavy atom. The molecule has 0 fully saturated rings. The van der Waals surface area contributed by atoms with E-state index in [0.29, 0.717) is 0 Å². The Labute approximate surface area is 182 Å². The predicted octanol–water partition coefficient (Wildman–Crippen LogP) is 5.87. The van der Waals surface area contributed by atoms with Crippen LogP contribution in [0.25, 0.3) is 10.9 Å². The minimum Gasteiger partial charge on any atom is -0.343 e. The zero-order valence-corrected chi connectivity index (χ0v) is 17.6. The summed E-state index contributed by atoms with van der Waals surface area (Å²) in [5.41, 5.74) is 4.83. The van der Waals surface area contributed by atoms with Crippen LogP contribution in [0.1, 0.15) is 16.7 Å². The second-order valence-electron chi connectivity index (χ2n) is 6.36. The van der Waals surface area contributed by atoms with E-state index in [1.165, 1.54) is 22.0 Å². The second-order valence-corrected chi connectivity index (χ2v) is 6.76. The molecule has 0 amide bonds. The Morgan fingerprint density at radius 1 is 0.857 bits per heavy atom. The third-order valence-corrected chi connectivity index (χ3v) is 4.91. The van der Waals surface area contributed by atoms with Crippen molar-refractivity contribution < 1.29 is 0 Å². The molecular formula is C22H22Cl3N3. The Hall–Kier alpha value is -2.04. The number of pyridine rings is 1. The zero-order valence-electron chi connectivity index (χ0n) is 15.2. The molecule has 0 aliphatic rings. The number of aromatic nitrogens is 2. The Morgan fingerprint density at radius 2 is 1.64 bits per heavy atom. The quantitative estimate of drug-likeness (QED) is 0.411. The van der Waals surface area contributed by atoms with Crippen molar-refractivity contribution in [1.82, 2.24) is 14.9 Å². The van der Waals surface area contributed by atoms with Gasteiger partial charge in [0.1, 0.15) is 0 Å². The lowest BCUT2D eigenvalue weighted by Gasteiger charge is -2.07. The van der Waals surface area contributed by atoms with Crippen LogP contribution in [0.3, 0.4) is 0 Å². The molecule has 4 rings (SSSR count). The molecule has 3 nitrogen and oxygen atoms in total. The molecule has 0 aliphatic heterocycles. The molecule has 146 valence electrons. The van der Waals surface area contributed by atoms with Crippen molar-refractivity contribution in [3.8, 4) is 0 Å². The van der Waals surface area contributed by atoms with Gasteiger partial charge in [-0.3, -0.25) is 4.98 Å². The molecule has 0 aliphatic carbocycles. The van der Waals surface area contributed by atoms with Crippen LogP contribution in [0.5, 0.6) is 0 Å². The first-order valence-electron chi connectivity index (χ1n) is 8.71. The van der Waals surface area contributed by atoms with Gasteiger partial charge in [0.25, 0.3) is 0 Å². The molecule has 2 heterocycles. The SMILES string of the molecule is Cl.Cl.Clc1ccccc1Cn1cc(CNCc2cccnc2)c2ccccc21. The summed E-state index contributed by atoms with van der Waals surface area (Å²) in [6, 6.07) is 20.6. The van der Waals surface area contributed by atoms with Gasteiger partial charge in [0.05, 0.1) is 0 Å².